The van der Waals surface area contributed by atoms with Crippen molar-refractivity contribution in [2.45, 2.75) is 13.0 Å². The first-order chi connectivity index (χ1) is 8.17. The molecule has 3 nitrogen and oxygen atoms in total. The average molecular weight is 252 g/mol. The van der Waals surface area contributed by atoms with Gasteiger partial charge in [-0.2, -0.15) is 17.0 Å². The van der Waals surface area contributed by atoms with Gasteiger partial charge in [0.25, 0.3) is 0 Å². The number of amides is 1. The van der Waals surface area contributed by atoms with E-state index in [4.69, 9.17) is 5.26 Å². The van der Waals surface area contributed by atoms with Crippen LogP contribution in [0.3, 0.4) is 0 Å². The second-order valence-electron chi connectivity index (χ2n) is 3.44. The van der Waals surface area contributed by atoms with E-state index in [0.717, 1.165) is 5.75 Å². The zero-order valence-electron chi connectivity index (χ0n) is 9.50. The molecule has 0 aromatic heterocycles. The number of carbonyl (C=O) groups excluding carboxylic acids is 1. The highest BCUT2D eigenvalue weighted by atomic mass is 32.2. The quantitative estimate of drug-likeness (QED) is 0.872. The summed E-state index contributed by atoms with van der Waals surface area (Å²) in [6.07, 6.45) is 2.35. The molecule has 0 radical (unpaired) electrons. The van der Waals surface area contributed by atoms with Crippen LogP contribution >= 0.6 is 11.8 Å². The minimum Gasteiger partial charge on any atom is -0.352 e. The Labute approximate surface area is 104 Å². The highest BCUT2D eigenvalue weighted by Gasteiger charge is 2.05. The molecule has 0 saturated heterocycles. The Balaban J connectivity index is 2.52. The van der Waals surface area contributed by atoms with Crippen LogP contribution in [0.1, 0.15) is 17.5 Å². The van der Waals surface area contributed by atoms with Gasteiger partial charge in [-0.25, -0.2) is 4.39 Å². The number of carbonyl (C=O) groups is 1. The van der Waals surface area contributed by atoms with Crippen molar-refractivity contribution in [3.63, 3.8) is 0 Å². The third kappa shape index (κ3) is 4.45. The Bertz CT molecular complexity index is 443. The Kier molecular flexibility index (Phi) is 5.50. The lowest BCUT2D eigenvalue weighted by Gasteiger charge is -2.06. The third-order valence-corrected chi connectivity index (χ3v) is 2.80. The van der Waals surface area contributed by atoms with Gasteiger partial charge in [0.2, 0.25) is 5.91 Å². The summed E-state index contributed by atoms with van der Waals surface area (Å²) >= 11 is 1.59. The maximum atomic E-state index is 13.4. The van der Waals surface area contributed by atoms with E-state index in [1.807, 2.05) is 12.3 Å². The van der Waals surface area contributed by atoms with Crippen LogP contribution in [0, 0.1) is 17.1 Å². The molecule has 17 heavy (non-hydrogen) atoms. The molecule has 5 heteroatoms. The fourth-order valence-electron chi connectivity index (χ4n) is 1.24. The number of nitriles is 1. The monoisotopic (exact) mass is 252 g/mol. The first kappa shape index (κ1) is 13.5. The van der Waals surface area contributed by atoms with Gasteiger partial charge in [0, 0.05) is 24.3 Å². The van der Waals surface area contributed by atoms with Crippen molar-refractivity contribution in [1.82, 2.24) is 5.32 Å². The number of rotatable bonds is 5. The molecule has 1 aromatic carbocycles. The Morgan fingerprint density at radius 3 is 2.94 bits per heavy atom. The van der Waals surface area contributed by atoms with Crippen LogP contribution in [0.2, 0.25) is 0 Å². The summed E-state index contributed by atoms with van der Waals surface area (Å²) in [6, 6.07) is 6.08. The van der Waals surface area contributed by atoms with Crippen molar-refractivity contribution in [3.8, 4) is 6.07 Å². The van der Waals surface area contributed by atoms with E-state index in [1.54, 1.807) is 11.8 Å². The van der Waals surface area contributed by atoms with Gasteiger partial charge in [0.15, 0.2) is 0 Å². The van der Waals surface area contributed by atoms with Gasteiger partial charge >= 0.3 is 0 Å². The van der Waals surface area contributed by atoms with E-state index in [-0.39, 0.29) is 18.0 Å². The molecular formula is C12H13FN2OS. The average Bonchev–Trinajstić information content (AvgIpc) is 2.34. The second kappa shape index (κ2) is 6.92. The van der Waals surface area contributed by atoms with Crippen LogP contribution in [0.4, 0.5) is 4.39 Å². The topological polar surface area (TPSA) is 52.9 Å². The van der Waals surface area contributed by atoms with Gasteiger partial charge in [-0.3, -0.25) is 4.79 Å². The van der Waals surface area contributed by atoms with Gasteiger partial charge in [-0.05, 0) is 18.4 Å². The summed E-state index contributed by atoms with van der Waals surface area (Å²) in [5.74, 6) is 0.194. The molecule has 0 unspecified atom stereocenters. The molecule has 1 aromatic rings. The first-order valence-electron chi connectivity index (χ1n) is 5.11. The zero-order valence-corrected chi connectivity index (χ0v) is 10.3. The Hall–Kier alpha value is -1.54. The van der Waals surface area contributed by atoms with Gasteiger partial charge in [0.1, 0.15) is 5.82 Å². The standard InChI is InChI=1S/C12H13FN2OS/c1-17-5-4-12(16)15-8-10-3-2-9(7-14)6-11(10)13/h2-3,6H,4-5,8H2,1H3,(H,15,16). The Morgan fingerprint density at radius 2 is 2.35 bits per heavy atom. The molecule has 1 rings (SSSR count). The number of halogens is 1. The van der Waals surface area contributed by atoms with E-state index in [9.17, 15) is 9.18 Å². The van der Waals surface area contributed by atoms with Crippen molar-refractivity contribution in [2.75, 3.05) is 12.0 Å². The highest BCUT2D eigenvalue weighted by molar-refractivity contribution is 7.98. The van der Waals surface area contributed by atoms with Crippen LogP contribution in [0.25, 0.3) is 0 Å². The van der Waals surface area contributed by atoms with Crippen LogP contribution in [-0.4, -0.2) is 17.9 Å². The lowest BCUT2D eigenvalue weighted by atomic mass is 10.1. The van der Waals surface area contributed by atoms with Crippen LogP contribution in [-0.2, 0) is 11.3 Å². The van der Waals surface area contributed by atoms with Gasteiger partial charge in [-0.1, -0.05) is 6.07 Å². The summed E-state index contributed by atoms with van der Waals surface area (Å²) in [7, 11) is 0. The van der Waals surface area contributed by atoms with Gasteiger partial charge in [0.05, 0.1) is 11.6 Å². The molecule has 0 aliphatic rings. The van der Waals surface area contributed by atoms with Crippen molar-refractivity contribution in [2.24, 2.45) is 0 Å². The number of nitrogens with one attached hydrogen (secondary N) is 1. The predicted molar refractivity (Wildman–Crippen MR) is 66.0 cm³/mol. The molecule has 0 bridgehead atoms. The molecule has 0 aliphatic heterocycles. The molecular weight excluding hydrogens is 239 g/mol. The maximum absolute atomic E-state index is 13.4. The SMILES string of the molecule is CSCCC(=O)NCc1ccc(C#N)cc1F. The smallest absolute Gasteiger partial charge is 0.221 e. The summed E-state index contributed by atoms with van der Waals surface area (Å²) in [4.78, 5) is 11.3. The molecule has 0 atom stereocenters. The number of nitrogens with zero attached hydrogens (tertiary/aromatic N) is 1. The number of thioether (sulfide) groups is 1. The van der Waals surface area contributed by atoms with Crippen LogP contribution < -0.4 is 5.32 Å². The molecule has 0 saturated carbocycles. The molecule has 0 heterocycles. The number of benzene rings is 1. The second-order valence-corrected chi connectivity index (χ2v) is 4.42. The summed E-state index contributed by atoms with van der Waals surface area (Å²) in [5.41, 5.74) is 0.668. The van der Waals surface area contributed by atoms with Crippen LogP contribution in [0.5, 0.6) is 0 Å². The van der Waals surface area contributed by atoms with E-state index < -0.39 is 5.82 Å². The summed E-state index contributed by atoms with van der Waals surface area (Å²) in [6.45, 7) is 0.157. The van der Waals surface area contributed by atoms with Crippen molar-refractivity contribution < 1.29 is 9.18 Å². The zero-order chi connectivity index (χ0) is 12.7. The molecule has 1 N–H and O–H groups in total. The number of hydrogen-bond donors (Lipinski definition) is 1. The fraction of sp³-hybridized carbons (Fsp3) is 0.333. The maximum Gasteiger partial charge on any atom is 0.221 e. The normalized spacial score (nSPS) is 9.71. The molecule has 1 amide bonds. The van der Waals surface area contributed by atoms with Gasteiger partial charge < -0.3 is 5.32 Å². The molecule has 90 valence electrons. The fourth-order valence-corrected chi connectivity index (χ4v) is 1.63. The Morgan fingerprint density at radius 1 is 1.59 bits per heavy atom. The van der Waals surface area contributed by atoms with E-state index in [1.165, 1.54) is 18.2 Å². The van der Waals surface area contributed by atoms with Crippen molar-refractivity contribution in [3.05, 3.63) is 35.1 Å². The highest BCUT2D eigenvalue weighted by Crippen LogP contribution is 2.09. The van der Waals surface area contributed by atoms with Gasteiger partial charge in [-0.15, -0.1) is 0 Å². The van der Waals surface area contributed by atoms with E-state index in [2.05, 4.69) is 5.32 Å². The predicted octanol–water partition coefficient (Wildman–Crippen LogP) is 2.07. The van der Waals surface area contributed by atoms with E-state index in [0.29, 0.717) is 12.0 Å². The van der Waals surface area contributed by atoms with Crippen LogP contribution in [0.15, 0.2) is 18.2 Å². The first-order valence-corrected chi connectivity index (χ1v) is 6.51. The summed E-state index contributed by atoms with van der Waals surface area (Å²) < 4.78 is 13.4. The third-order valence-electron chi connectivity index (χ3n) is 2.19. The van der Waals surface area contributed by atoms with Crippen molar-refractivity contribution >= 4 is 17.7 Å². The molecule has 0 spiro atoms. The van der Waals surface area contributed by atoms with Crippen molar-refractivity contribution in [1.29, 1.82) is 5.26 Å². The molecule has 0 fully saturated rings. The summed E-state index contributed by atoms with van der Waals surface area (Å²) in [5, 5.41) is 11.2. The largest absolute Gasteiger partial charge is 0.352 e. The minimum absolute atomic E-state index is 0.0943. The molecule has 0 aliphatic carbocycles. The lowest BCUT2D eigenvalue weighted by Crippen LogP contribution is -2.23. The van der Waals surface area contributed by atoms with E-state index >= 15 is 0 Å². The minimum atomic E-state index is -0.464. The number of hydrogen-bond acceptors (Lipinski definition) is 3. The lowest BCUT2D eigenvalue weighted by molar-refractivity contribution is -0.120.